The Morgan fingerprint density at radius 2 is 2.35 bits per heavy atom. The number of nitrogens with zero attached hydrogens (tertiary/aromatic N) is 2. The topological polar surface area (TPSA) is 27.7 Å². The molecule has 2 heterocycles. The fourth-order valence-electron chi connectivity index (χ4n) is 2.47. The minimum absolute atomic E-state index is 0.411. The van der Waals surface area contributed by atoms with Crippen LogP contribution in [0.2, 0.25) is 0 Å². The van der Waals surface area contributed by atoms with Gasteiger partial charge < -0.3 is 9.75 Å². The fraction of sp³-hybridized carbons (Fsp3) is 0.846. The molecule has 0 spiro atoms. The van der Waals surface area contributed by atoms with E-state index in [0.717, 1.165) is 39.3 Å². The molecule has 0 radical (unpaired) electrons. The van der Waals surface area contributed by atoms with Gasteiger partial charge in [-0.05, 0) is 19.4 Å². The largest absolute Gasteiger partial charge is 0.377 e. The zero-order chi connectivity index (χ0) is 12.1. The van der Waals surface area contributed by atoms with Crippen LogP contribution in [0, 0.1) is 0 Å². The first kappa shape index (κ1) is 12.9. The highest BCUT2D eigenvalue weighted by Crippen LogP contribution is 2.14. The Hall–Kier alpha value is -0.580. The third kappa shape index (κ3) is 3.69. The lowest BCUT2D eigenvalue weighted by Gasteiger charge is -2.35. The minimum Gasteiger partial charge on any atom is -0.377 e. The number of ether oxygens (including phenoxy) is 1. The van der Waals surface area contributed by atoms with Crippen molar-refractivity contribution in [1.29, 1.82) is 0 Å². The molecule has 2 aliphatic heterocycles. The molecule has 1 N–H and O–H groups in total. The standard InChI is InChI=1S/C13H25N3O/c1-3-4-12(2)17-10-9-15-7-8-16-13(11-15)5-6-14-16/h5,12,14H,3-4,6-11H2,1-2H3/t12-/m1/s1. The maximum absolute atomic E-state index is 5.81. The van der Waals surface area contributed by atoms with Crippen LogP contribution in [0.5, 0.6) is 0 Å². The summed E-state index contributed by atoms with van der Waals surface area (Å²) >= 11 is 0. The number of hydrogen-bond acceptors (Lipinski definition) is 4. The van der Waals surface area contributed by atoms with E-state index in [2.05, 4.69) is 35.3 Å². The van der Waals surface area contributed by atoms with Gasteiger partial charge in [0, 0.05) is 38.4 Å². The number of nitrogens with one attached hydrogen (secondary N) is 1. The highest BCUT2D eigenvalue weighted by molar-refractivity contribution is 5.10. The van der Waals surface area contributed by atoms with Crippen molar-refractivity contribution in [3.8, 4) is 0 Å². The van der Waals surface area contributed by atoms with E-state index < -0.39 is 0 Å². The monoisotopic (exact) mass is 239 g/mol. The van der Waals surface area contributed by atoms with Crippen LogP contribution in [-0.2, 0) is 4.74 Å². The van der Waals surface area contributed by atoms with Gasteiger partial charge in [-0.1, -0.05) is 13.3 Å². The molecule has 0 bridgehead atoms. The fourth-order valence-corrected chi connectivity index (χ4v) is 2.47. The third-order valence-electron chi connectivity index (χ3n) is 3.50. The highest BCUT2D eigenvalue weighted by Gasteiger charge is 2.22. The lowest BCUT2D eigenvalue weighted by Crippen LogP contribution is -2.48. The molecule has 0 aliphatic carbocycles. The van der Waals surface area contributed by atoms with Crippen LogP contribution in [0.15, 0.2) is 11.8 Å². The van der Waals surface area contributed by atoms with E-state index in [0.29, 0.717) is 6.10 Å². The summed E-state index contributed by atoms with van der Waals surface area (Å²) in [7, 11) is 0. The molecule has 1 fully saturated rings. The number of fused-ring (bicyclic) bond motifs is 1. The summed E-state index contributed by atoms with van der Waals surface area (Å²) < 4.78 is 5.81. The zero-order valence-corrected chi connectivity index (χ0v) is 11.1. The van der Waals surface area contributed by atoms with Gasteiger partial charge in [0.15, 0.2) is 0 Å². The van der Waals surface area contributed by atoms with Gasteiger partial charge in [0.05, 0.1) is 12.7 Å². The van der Waals surface area contributed by atoms with E-state index in [1.54, 1.807) is 0 Å². The van der Waals surface area contributed by atoms with Crippen LogP contribution in [-0.4, -0.2) is 55.3 Å². The minimum atomic E-state index is 0.411. The van der Waals surface area contributed by atoms with Crippen LogP contribution in [0.3, 0.4) is 0 Å². The lowest BCUT2D eigenvalue weighted by molar-refractivity contribution is 0.0365. The van der Waals surface area contributed by atoms with Crippen molar-refractivity contribution >= 4 is 0 Å². The van der Waals surface area contributed by atoms with Crippen molar-refractivity contribution in [3.63, 3.8) is 0 Å². The number of piperazine rings is 1. The van der Waals surface area contributed by atoms with Crippen molar-refractivity contribution in [2.75, 3.05) is 39.3 Å². The van der Waals surface area contributed by atoms with Crippen LogP contribution >= 0.6 is 0 Å². The first-order valence-electron chi connectivity index (χ1n) is 6.83. The predicted molar refractivity (Wildman–Crippen MR) is 69.6 cm³/mol. The predicted octanol–water partition coefficient (Wildman–Crippen LogP) is 1.21. The number of rotatable bonds is 6. The zero-order valence-electron chi connectivity index (χ0n) is 11.1. The van der Waals surface area contributed by atoms with Crippen molar-refractivity contribution in [2.45, 2.75) is 32.8 Å². The average Bonchev–Trinajstić information content (AvgIpc) is 2.76. The summed E-state index contributed by atoms with van der Waals surface area (Å²) in [6.45, 7) is 10.6. The smallest absolute Gasteiger partial charge is 0.0597 e. The summed E-state index contributed by atoms with van der Waals surface area (Å²) in [5.74, 6) is 0. The molecule has 2 aliphatic rings. The highest BCUT2D eigenvalue weighted by atomic mass is 16.5. The first-order valence-corrected chi connectivity index (χ1v) is 6.83. The van der Waals surface area contributed by atoms with E-state index in [-0.39, 0.29) is 0 Å². The Morgan fingerprint density at radius 3 is 3.18 bits per heavy atom. The van der Waals surface area contributed by atoms with Crippen molar-refractivity contribution < 1.29 is 4.74 Å². The second kappa shape index (κ2) is 6.38. The molecular weight excluding hydrogens is 214 g/mol. The molecule has 0 aromatic heterocycles. The van der Waals surface area contributed by atoms with Crippen LogP contribution in [0.4, 0.5) is 0 Å². The van der Waals surface area contributed by atoms with Gasteiger partial charge in [-0.2, -0.15) is 0 Å². The molecule has 0 unspecified atom stereocenters. The van der Waals surface area contributed by atoms with Crippen molar-refractivity contribution in [3.05, 3.63) is 11.8 Å². The molecule has 1 saturated heterocycles. The van der Waals surface area contributed by atoms with Crippen LogP contribution in [0.25, 0.3) is 0 Å². The molecule has 2 rings (SSSR count). The van der Waals surface area contributed by atoms with E-state index in [9.17, 15) is 0 Å². The molecule has 1 atom stereocenters. The maximum Gasteiger partial charge on any atom is 0.0597 e. The lowest BCUT2D eigenvalue weighted by atomic mass is 10.2. The molecule has 4 heteroatoms. The summed E-state index contributed by atoms with van der Waals surface area (Å²) in [4.78, 5) is 2.48. The molecule has 0 aromatic carbocycles. The molecule has 0 saturated carbocycles. The Bertz CT molecular complexity index is 267. The molecular formula is C13H25N3O. The Labute approximate surface area is 105 Å². The number of hydrazine groups is 1. The summed E-state index contributed by atoms with van der Waals surface area (Å²) in [6.07, 6.45) is 5.07. The quantitative estimate of drug-likeness (QED) is 0.754. The Balaban J connectivity index is 1.63. The summed E-state index contributed by atoms with van der Waals surface area (Å²) in [6, 6.07) is 0. The van der Waals surface area contributed by atoms with Gasteiger partial charge in [-0.3, -0.25) is 4.90 Å². The van der Waals surface area contributed by atoms with Crippen molar-refractivity contribution in [2.24, 2.45) is 0 Å². The molecule has 17 heavy (non-hydrogen) atoms. The average molecular weight is 239 g/mol. The van der Waals surface area contributed by atoms with Crippen LogP contribution < -0.4 is 5.43 Å². The van der Waals surface area contributed by atoms with E-state index in [1.807, 2.05) is 0 Å². The second-order valence-electron chi connectivity index (χ2n) is 4.96. The van der Waals surface area contributed by atoms with E-state index in [1.165, 1.54) is 18.5 Å². The van der Waals surface area contributed by atoms with Gasteiger partial charge in [0.1, 0.15) is 0 Å². The normalized spacial score (nSPS) is 22.5. The molecule has 98 valence electrons. The van der Waals surface area contributed by atoms with E-state index in [4.69, 9.17) is 4.74 Å². The maximum atomic E-state index is 5.81. The van der Waals surface area contributed by atoms with Crippen LogP contribution in [0.1, 0.15) is 26.7 Å². The van der Waals surface area contributed by atoms with Crippen molar-refractivity contribution in [1.82, 2.24) is 15.3 Å². The number of hydrogen-bond donors (Lipinski definition) is 1. The second-order valence-corrected chi connectivity index (χ2v) is 4.96. The molecule has 0 aromatic rings. The Morgan fingerprint density at radius 1 is 1.47 bits per heavy atom. The molecule has 4 nitrogen and oxygen atoms in total. The molecule has 0 amide bonds. The summed E-state index contributed by atoms with van der Waals surface area (Å²) in [5, 5.41) is 2.27. The Kier molecular flexibility index (Phi) is 4.83. The van der Waals surface area contributed by atoms with Gasteiger partial charge >= 0.3 is 0 Å². The first-order chi connectivity index (χ1) is 8.29. The van der Waals surface area contributed by atoms with Gasteiger partial charge in [0.2, 0.25) is 0 Å². The SMILES string of the molecule is CCC[C@@H](C)OCCN1CCN2NCC=C2C1. The van der Waals surface area contributed by atoms with Gasteiger partial charge in [-0.25, -0.2) is 5.43 Å². The van der Waals surface area contributed by atoms with Gasteiger partial charge in [0.25, 0.3) is 0 Å². The van der Waals surface area contributed by atoms with E-state index >= 15 is 0 Å². The third-order valence-corrected chi connectivity index (χ3v) is 3.50. The van der Waals surface area contributed by atoms with Gasteiger partial charge in [-0.15, -0.1) is 0 Å². The summed E-state index contributed by atoms with van der Waals surface area (Å²) in [5.41, 5.74) is 4.78.